The Morgan fingerprint density at radius 1 is 1.00 bits per heavy atom. The monoisotopic (exact) mass is 357 g/mol. The molecular formula is C17H27NO7. The molecule has 1 heterocycles. The second kappa shape index (κ2) is 8.82. The van der Waals surface area contributed by atoms with Gasteiger partial charge in [0.05, 0.1) is 19.8 Å². The Bertz CT molecular complexity index is 513. The zero-order valence-electron chi connectivity index (χ0n) is 15.4. The smallest absolute Gasteiger partial charge is 0.344 e. The molecule has 8 heteroatoms. The van der Waals surface area contributed by atoms with Crippen LogP contribution in [0, 0.1) is 17.8 Å². The van der Waals surface area contributed by atoms with Crippen LogP contribution in [0.15, 0.2) is 0 Å². The van der Waals surface area contributed by atoms with E-state index in [1.807, 2.05) is 6.92 Å². The number of nitrogens with one attached hydrogen (secondary N) is 1. The van der Waals surface area contributed by atoms with Crippen LogP contribution in [0.1, 0.15) is 41.0 Å². The minimum absolute atomic E-state index is 0.0210. The minimum atomic E-state index is -2.05. The number of carbonyl (C=O) groups excluding carboxylic acids is 4. The lowest BCUT2D eigenvalue weighted by atomic mass is 9.71. The minimum Gasteiger partial charge on any atom is -0.465 e. The Kier molecular flexibility index (Phi) is 7.38. The maximum Gasteiger partial charge on any atom is 0.344 e. The van der Waals surface area contributed by atoms with E-state index in [9.17, 15) is 19.2 Å². The summed E-state index contributed by atoms with van der Waals surface area (Å²) in [6.45, 7) is 8.54. The fraction of sp³-hybridized carbons (Fsp3) is 0.765. The summed E-state index contributed by atoms with van der Waals surface area (Å²) in [6.07, 6.45) is 0.538. The number of hydrogen-bond acceptors (Lipinski definition) is 7. The highest BCUT2D eigenvalue weighted by atomic mass is 16.6. The van der Waals surface area contributed by atoms with Crippen molar-refractivity contribution in [1.82, 2.24) is 5.32 Å². The van der Waals surface area contributed by atoms with E-state index in [1.54, 1.807) is 27.7 Å². The first-order valence-corrected chi connectivity index (χ1v) is 8.64. The maximum absolute atomic E-state index is 12.7. The van der Waals surface area contributed by atoms with Crippen LogP contribution in [-0.2, 0) is 33.4 Å². The van der Waals surface area contributed by atoms with Gasteiger partial charge in [0.15, 0.2) is 0 Å². The highest BCUT2D eigenvalue weighted by Gasteiger charge is 2.67. The van der Waals surface area contributed by atoms with Gasteiger partial charge in [0.25, 0.3) is 0 Å². The highest BCUT2D eigenvalue weighted by molar-refractivity contribution is 6.15. The quantitative estimate of drug-likeness (QED) is 0.389. The van der Waals surface area contributed by atoms with Crippen molar-refractivity contribution >= 4 is 23.8 Å². The molecule has 1 amide bonds. The molecule has 0 saturated carbocycles. The van der Waals surface area contributed by atoms with Gasteiger partial charge in [0.2, 0.25) is 11.4 Å². The lowest BCUT2D eigenvalue weighted by Gasteiger charge is -2.34. The average Bonchev–Trinajstić information content (AvgIpc) is 2.89. The van der Waals surface area contributed by atoms with Gasteiger partial charge in [-0.15, -0.1) is 0 Å². The lowest BCUT2D eigenvalue weighted by Crippen LogP contribution is -2.62. The van der Waals surface area contributed by atoms with E-state index in [1.165, 1.54) is 0 Å². The first-order valence-electron chi connectivity index (χ1n) is 8.64. The summed E-state index contributed by atoms with van der Waals surface area (Å²) in [5, 5.41) is 2.40. The fourth-order valence-corrected chi connectivity index (χ4v) is 3.21. The van der Waals surface area contributed by atoms with E-state index < -0.39 is 41.2 Å². The molecule has 0 aromatic heterocycles. The van der Waals surface area contributed by atoms with Gasteiger partial charge in [-0.1, -0.05) is 20.3 Å². The SMILES string of the molecule is CCOC(=O)[C@@H]1C(=O)NC(C(=O)OCC)(C(=O)OCC)[C@H]1[C@H](C)CC. The molecule has 0 aromatic carbocycles. The molecule has 1 aliphatic heterocycles. The molecule has 0 aliphatic carbocycles. The Balaban J connectivity index is 3.50. The van der Waals surface area contributed by atoms with E-state index in [0.717, 1.165) is 0 Å². The van der Waals surface area contributed by atoms with E-state index in [0.29, 0.717) is 6.42 Å². The summed E-state index contributed by atoms with van der Waals surface area (Å²) in [5.41, 5.74) is -2.05. The van der Waals surface area contributed by atoms with Crippen molar-refractivity contribution in [1.29, 1.82) is 0 Å². The molecule has 142 valence electrons. The molecule has 0 spiro atoms. The first-order chi connectivity index (χ1) is 11.8. The molecule has 1 fully saturated rings. The molecular weight excluding hydrogens is 330 g/mol. The van der Waals surface area contributed by atoms with Crippen LogP contribution in [0.25, 0.3) is 0 Å². The van der Waals surface area contributed by atoms with Gasteiger partial charge in [-0.3, -0.25) is 9.59 Å². The van der Waals surface area contributed by atoms with Gasteiger partial charge in [-0.2, -0.15) is 0 Å². The van der Waals surface area contributed by atoms with Crippen LogP contribution in [0.3, 0.4) is 0 Å². The van der Waals surface area contributed by atoms with Crippen LogP contribution in [0.2, 0.25) is 0 Å². The molecule has 1 saturated heterocycles. The molecule has 1 rings (SSSR count). The van der Waals surface area contributed by atoms with Crippen molar-refractivity contribution in [3.05, 3.63) is 0 Å². The van der Waals surface area contributed by atoms with Crippen molar-refractivity contribution in [2.75, 3.05) is 19.8 Å². The number of carbonyl (C=O) groups is 4. The Labute approximate surface area is 147 Å². The van der Waals surface area contributed by atoms with Gasteiger partial charge in [-0.05, 0) is 26.7 Å². The number of rotatable bonds is 8. The van der Waals surface area contributed by atoms with Gasteiger partial charge in [-0.25, -0.2) is 9.59 Å². The molecule has 0 bridgehead atoms. The Morgan fingerprint density at radius 3 is 1.88 bits per heavy atom. The largest absolute Gasteiger partial charge is 0.465 e. The summed E-state index contributed by atoms with van der Waals surface area (Å²) < 4.78 is 15.1. The van der Waals surface area contributed by atoms with Crippen molar-refractivity contribution in [2.45, 2.75) is 46.6 Å². The van der Waals surface area contributed by atoms with Crippen LogP contribution in [0.5, 0.6) is 0 Å². The van der Waals surface area contributed by atoms with E-state index in [4.69, 9.17) is 14.2 Å². The third kappa shape index (κ3) is 3.77. The van der Waals surface area contributed by atoms with Crippen molar-refractivity contribution < 1.29 is 33.4 Å². The second-order valence-corrected chi connectivity index (χ2v) is 5.88. The molecule has 25 heavy (non-hydrogen) atoms. The first kappa shape index (κ1) is 20.9. The molecule has 3 atom stereocenters. The number of hydrogen-bond donors (Lipinski definition) is 1. The average molecular weight is 357 g/mol. The van der Waals surface area contributed by atoms with Gasteiger partial charge >= 0.3 is 17.9 Å². The molecule has 1 aliphatic rings. The summed E-state index contributed by atoms with van der Waals surface area (Å²) in [6, 6.07) is 0. The molecule has 8 nitrogen and oxygen atoms in total. The third-order valence-electron chi connectivity index (χ3n) is 4.45. The molecule has 0 radical (unpaired) electrons. The van der Waals surface area contributed by atoms with E-state index >= 15 is 0 Å². The topological polar surface area (TPSA) is 108 Å². The molecule has 0 aromatic rings. The summed E-state index contributed by atoms with van der Waals surface area (Å²) in [5.74, 6) is -5.88. The van der Waals surface area contributed by atoms with Gasteiger partial charge < -0.3 is 19.5 Å². The van der Waals surface area contributed by atoms with Crippen molar-refractivity contribution in [2.24, 2.45) is 17.8 Å². The second-order valence-electron chi connectivity index (χ2n) is 5.88. The Hall–Kier alpha value is -2.12. The molecule has 1 N–H and O–H groups in total. The van der Waals surface area contributed by atoms with Crippen molar-refractivity contribution in [3.8, 4) is 0 Å². The standard InChI is InChI=1S/C17H27NO7/c1-6-10(5)12-11(14(20)23-7-2)13(19)18-17(12,15(21)24-8-3)16(22)25-9-4/h10-12H,6-9H2,1-5H3,(H,18,19)/t10-,11+,12+/m1/s1. The highest BCUT2D eigenvalue weighted by Crippen LogP contribution is 2.41. The van der Waals surface area contributed by atoms with Crippen LogP contribution in [-0.4, -0.2) is 49.2 Å². The van der Waals surface area contributed by atoms with Gasteiger partial charge in [0, 0.05) is 5.92 Å². The van der Waals surface area contributed by atoms with Crippen LogP contribution in [0.4, 0.5) is 0 Å². The number of ether oxygens (including phenoxy) is 3. The van der Waals surface area contributed by atoms with Gasteiger partial charge in [0.1, 0.15) is 5.92 Å². The maximum atomic E-state index is 12.7. The zero-order valence-corrected chi connectivity index (χ0v) is 15.4. The van der Waals surface area contributed by atoms with Crippen LogP contribution < -0.4 is 5.32 Å². The molecule has 0 unspecified atom stereocenters. The van der Waals surface area contributed by atoms with E-state index in [-0.39, 0.29) is 25.7 Å². The zero-order chi connectivity index (χ0) is 19.2. The van der Waals surface area contributed by atoms with Crippen LogP contribution >= 0.6 is 0 Å². The predicted molar refractivity (Wildman–Crippen MR) is 87.2 cm³/mol. The summed E-state index contributed by atoms with van der Waals surface area (Å²) in [4.78, 5) is 50.3. The normalized spacial score (nSPS) is 22.7. The lowest BCUT2D eigenvalue weighted by molar-refractivity contribution is -0.170. The predicted octanol–water partition coefficient (Wildman–Crippen LogP) is 0.823. The number of amides is 1. The van der Waals surface area contributed by atoms with E-state index in [2.05, 4.69) is 5.32 Å². The van der Waals surface area contributed by atoms with Crippen molar-refractivity contribution in [3.63, 3.8) is 0 Å². The summed E-state index contributed by atoms with van der Waals surface area (Å²) >= 11 is 0. The Morgan fingerprint density at radius 2 is 1.48 bits per heavy atom. The third-order valence-corrected chi connectivity index (χ3v) is 4.45. The fourth-order valence-electron chi connectivity index (χ4n) is 3.21. The number of esters is 3. The summed E-state index contributed by atoms with van der Waals surface area (Å²) in [7, 11) is 0.